The number of fused-ring (bicyclic) bond motifs is 15. The van der Waals surface area contributed by atoms with Crippen molar-refractivity contribution in [2.45, 2.75) is 5.41 Å². The van der Waals surface area contributed by atoms with Crippen LogP contribution in [0.5, 0.6) is 0 Å². The highest BCUT2D eigenvalue weighted by Crippen LogP contribution is 2.63. The van der Waals surface area contributed by atoms with Crippen LogP contribution >= 0.6 is 0 Å². The van der Waals surface area contributed by atoms with Crippen LogP contribution in [-0.4, -0.2) is 14.1 Å². The lowest BCUT2D eigenvalue weighted by molar-refractivity contribution is 0.748. The average Bonchev–Trinajstić information content (AvgIpc) is 4.05. The van der Waals surface area contributed by atoms with Crippen LogP contribution in [0.4, 0.5) is 0 Å². The molecular formula is C66H41N3. The van der Waals surface area contributed by atoms with Gasteiger partial charge in [-0.25, -0.2) is 4.98 Å². The third-order valence-corrected chi connectivity index (χ3v) is 15.1. The molecule has 3 nitrogen and oxygen atoms in total. The van der Waals surface area contributed by atoms with E-state index >= 15 is 0 Å². The molecule has 13 aromatic rings. The minimum absolute atomic E-state index is 0.612. The molecule has 4 heterocycles. The summed E-state index contributed by atoms with van der Waals surface area (Å²) in [6.07, 6.45) is 0. The molecule has 0 bridgehead atoms. The average molecular weight is 876 g/mol. The summed E-state index contributed by atoms with van der Waals surface area (Å²) in [5, 5.41) is 5.06. The summed E-state index contributed by atoms with van der Waals surface area (Å²) in [4.78, 5) is 5.58. The van der Waals surface area contributed by atoms with Crippen molar-refractivity contribution in [3.63, 3.8) is 0 Å². The minimum atomic E-state index is -0.612. The maximum absolute atomic E-state index is 5.58. The molecule has 69 heavy (non-hydrogen) atoms. The number of hydrogen-bond donors (Lipinski definition) is 0. The SMILES string of the molecule is c1ccc(-c2cc(-c3ccccc3)nc(-c3cccc4c3-c3cc(-c5ccc(-n6c7ccccc7c7ccccc76)cc5)ccc3C43c4ccccc4-n4c5ccccc5c5cccc3c54)c2)cc1. The van der Waals surface area contributed by atoms with Crippen molar-refractivity contribution in [2.75, 3.05) is 0 Å². The lowest BCUT2D eigenvalue weighted by Gasteiger charge is -2.39. The van der Waals surface area contributed by atoms with Gasteiger partial charge in [0.05, 0.1) is 44.6 Å². The molecule has 15 rings (SSSR count). The lowest BCUT2D eigenvalue weighted by Crippen LogP contribution is -2.33. The Hall–Kier alpha value is -9.05. The van der Waals surface area contributed by atoms with Crippen molar-refractivity contribution in [3.8, 4) is 67.3 Å². The van der Waals surface area contributed by atoms with E-state index in [1.807, 2.05) is 0 Å². The Bertz CT molecular complexity index is 4120. The first-order valence-electron chi connectivity index (χ1n) is 23.9. The van der Waals surface area contributed by atoms with Gasteiger partial charge in [0.2, 0.25) is 0 Å². The fourth-order valence-electron chi connectivity index (χ4n) is 12.3. The first kappa shape index (κ1) is 38.1. The fraction of sp³-hybridized carbons (Fsp3) is 0.0152. The zero-order valence-corrected chi connectivity index (χ0v) is 37.5. The Balaban J connectivity index is 1.00. The minimum Gasteiger partial charge on any atom is -0.309 e. The van der Waals surface area contributed by atoms with E-state index in [9.17, 15) is 0 Å². The summed E-state index contributed by atoms with van der Waals surface area (Å²) in [5.74, 6) is 0. The molecule has 10 aromatic carbocycles. The van der Waals surface area contributed by atoms with Crippen molar-refractivity contribution in [2.24, 2.45) is 0 Å². The summed E-state index contributed by atoms with van der Waals surface area (Å²) in [7, 11) is 0. The molecule has 0 amide bonds. The number of aromatic nitrogens is 3. The third-order valence-electron chi connectivity index (χ3n) is 15.1. The Kier molecular flexibility index (Phi) is 7.99. The molecule has 3 heteroatoms. The van der Waals surface area contributed by atoms with Crippen LogP contribution in [0.2, 0.25) is 0 Å². The lowest BCUT2D eigenvalue weighted by atomic mass is 9.65. The summed E-state index contributed by atoms with van der Waals surface area (Å²) in [5.41, 5.74) is 23.0. The van der Waals surface area contributed by atoms with Gasteiger partial charge in [-0.1, -0.05) is 194 Å². The van der Waals surface area contributed by atoms with E-state index in [4.69, 9.17) is 4.98 Å². The molecule has 1 unspecified atom stereocenters. The number of para-hydroxylation sites is 5. The summed E-state index contributed by atoms with van der Waals surface area (Å²) in [6.45, 7) is 0. The van der Waals surface area contributed by atoms with E-state index in [2.05, 4.69) is 258 Å². The van der Waals surface area contributed by atoms with E-state index in [-0.39, 0.29) is 0 Å². The zero-order chi connectivity index (χ0) is 45.2. The first-order valence-corrected chi connectivity index (χ1v) is 23.9. The monoisotopic (exact) mass is 875 g/mol. The highest BCUT2D eigenvalue weighted by molar-refractivity contribution is 6.13. The molecule has 0 saturated carbocycles. The molecule has 0 N–H and O–H groups in total. The molecular weight excluding hydrogens is 835 g/mol. The zero-order valence-electron chi connectivity index (χ0n) is 37.5. The van der Waals surface area contributed by atoms with Gasteiger partial charge in [-0.2, -0.15) is 0 Å². The fourth-order valence-corrected chi connectivity index (χ4v) is 12.3. The van der Waals surface area contributed by atoms with Gasteiger partial charge >= 0.3 is 0 Å². The van der Waals surface area contributed by atoms with E-state index in [0.29, 0.717) is 0 Å². The van der Waals surface area contributed by atoms with Crippen LogP contribution in [-0.2, 0) is 5.41 Å². The van der Waals surface area contributed by atoms with Gasteiger partial charge < -0.3 is 9.13 Å². The molecule has 1 spiro atoms. The van der Waals surface area contributed by atoms with Crippen molar-refractivity contribution < 1.29 is 0 Å². The number of nitrogens with zero attached hydrogens (tertiary/aromatic N) is 3. The highest BCUT2D eigenvalue weighted by atomic mass is 15.0. The van der Waals surface area contributed by atoms with Gasteiger partial charge in [-0.15, -0.1) is 0 Å². The van der Waals surface area contributed by atoms with Crippen molar-refractivity contribution in [1.82, 2.24) is 14.1 Å². The number of benzene rings is 10. The number of hydrogen-bond acceptors (Lipinski definition) is 1. The van der Waals surface area contributed by atoms with Crippen molar-refractivity contribution >= 4 is 43.6 Å². The van der Waals surface area contributed by atoms with E-state index in [1.54, 1.807) is 0 Å². The summed E-state index contributed by atoms with van der Waals surface area (Å²) < 4.78 is 4.91. The van der Waals surface area contributed by atoms with E-state index in [1.165, 1.54) is 93.8 Å². The van der Waals surface area contributed by atoms with Crippen molar-refractivity contribution in [1.29, 1.82) is 0 Å². The smallest absolute Gasteiger partial charge is 0.0754 e. The van der Waals surface area contributed by atoms with E-state index in [0.717, 1.165) is 39.3 Å². The largest absolute Gasteiger partial charge is 0.309 e. The number of pyridine rings is 1. The summed E-state index contributed by atoms with van der Waals surface area (Å²) >= 11 is 0. The van der Waals surface area contributed by atoms with Gasteiger partial charge in [0.1, 0.15) is 0 Å². The normalized spacial score (nSPS) is 14.4. The van der Waals surface area contributed by atoms with Crippen LogP contribution in [0, 0.1) is 0 Å². The van der Waals surface area contributed by atoms with Gasteiger partial charge in [-0.05, 0) is 110 Å². The second kappa shape index (κ2) is 14.5. The van der Waals surface area contributed by atoms with Gasteiger partial charge in [0.25, 0.3) is 0 Å². The molecule has 320 valence electrons. The Morgan fingerprint density at radius 2 is 0.841 bits per heavy atom. The molecule has 1 aliphatic carbocycles. The standard InChI is InChI=1S/C66H41N3/c1-3-17-42(18-4-1)46-40-58(44-19-5-2-6-20-44)67-59(41-46)52-25-16-27-56-64(52)53-39-45(43-33-36-47(37-34-43)68-60-29-11-7-21-48(60)49-22-8-12-30-61(49)68)35-38-54(53)66(56)55-26-10-14-32-63(55)69-62-31-13-9-23-50(62)51-24-15-28-57(66)65(51)69/h1-41H. The number of rotatable bonds is 5. The van der Waals surface area contributed by atoms with Crippen LogP contribution in [0.3, 0.4) is 0 Å². The Morgan fingerprint density at radius 3 is 1.58 bits per heavy atom. The molecule has 3 aromatic heterocycles. The predicted octanol–water partition coefficient (Wildman–Crippen LogP) is 16.6. The predicted molar refractivity (Wildman–Crippen MR) is 286 cm³/mol. The second-order valence-corrected chi connectivity index (χ2v) is 18.6. The first-order chi connectivity index (χ1) is 34.2. The molecule has 0 radical (unpaired) electrons. The van der Waals surface area contributed by atoms with Gasteiger partial charge in [0.15, 0.2) is 0 Å². The molecule has 0 saturated heterocycles. The van der Waals surface area contributed by atoms with Crippen LogP contribution in [0.15, 0.2) is 249 Å². The second-order valence-electron chi connectivity index (χ2n) is 18.6. The van der Waals surface area contributed by atoms with Crippen LogP contribution in [0.25, 0.3) is 111 Å². The third kappa shape index (κ3) is 5.30. The summed E-state index contributed by atoms with van der Waals surface area (Å²) in [6, 6.07) is 91.7. The van der Waals surface area contributed by atoms with Crippen molar-refractivity contribution in [3.05, 3.63) is 271 Å². The van der Waals surface area contributed by atoms with Gasteiger partial charge in [-0.3, -0.25) is 0 Å². The van der Waals surface area contributed by atoms with E-state index < -0.39 is 5.41 Å². The highest BCUT2D eigenvalue weighted by Gasteiger charge is 2.51. The quantitative estimate of drug-likeness (QED) is 0.169. The maximum Gasteiger partial charge on any atom is 0.0754 e. The molecule has 1 atom stereocenters. The van der Waals surface area contributed by atoms with Crippen LogP contribution < -0.4 is 0 Å². The Labute approximate surface area is 399 Å². The maximum atomic E-state index is 5.58. The Morgan fingerprint density at radius 1 is 0.304 bits per heavy atom. The van der Waals surface area contributed by atoms with Gasteiger partial charge in [0, 0.05) is 38.4 Å². The van der Waals surface area contributed by atoms with Crippen LogP contribution in [0.1, 0.15) is 22.3 Å². The molecule has 0 fully saturated rings. The molecule has 2 aliphatic rings. The molecule has 1 aliphatic heterocycles. The topological polar surface area (TPSA) is 22.8 Å².